The molecule has 0 saturated heterocycles. The molecule has 6 heteroatoms. The second-order valence-corrected chi connectivity index (χ2v) is 15.8. The molecule has 0 N–H and O–H groups in total. The van der Waals surface area contributed by atoms with E-state index in [-0.39, 0.29) is 0 Å². The monoisotopic (exact) mass is 594 g/mol. The summed E-state index contributed by atoms with van der Waals surface area (Å²) in [6.45, 7) is 0. The van der Waals surface area contributed by atoms with Crippen molar-refractivity contribution in [2.24, 2.45) is 0 Å². The van der Waals surface area contributed by atoms with Gasteiger partial charge in [0.1, 0.15) is 0 Å². The third kappa shape index (κ3) is 4.10. The summed E-state index contributed by atoms with van der Waals surface area (Å²) in [5, 5.41) is 2.62. The Balaban J connectivity index is 1.42. The van der Waals surface area contributed by atoms with Crippen LogP contribution in [0.1, 0.15) is 9.75 Å². The van der Waals surface area contributed by atoms with Gasteiger partial charge in [0, 0.05) is 49.9 Å². The lowest BCUT2D eigenvalue weighted by Crippen LogP contribution is -1.90. The van der Waals surface area contributed by atoms with Crippen molar-refractivity contribution in [3.63, 3.8) is 0 Å². The molecule has 8 rings (SSSR count). The number of thioether (sulfide) groups is 4. The molecule has 0 unspecified atom stereocenters. The van der Waals surface area contributed by atoms with Crippen LogP contribution in [0.4, 0.5) is 0 Å². The highest BCUT2D eigenvalue weighted by molar-refractivity contribution is 8.25. The van der Waals surface area contributed by atoms with Crippen molar-refractivity contribution in [1.82, 2.24) is 0 Å². The van der Waals surface area contributed by atoms with E-state index in [9.17, 15) is 0 Å². The molecule has 38 heavy (non-hydrogen) atoms. The Morgan fingerprint density at radius 2 is 0.737 bits per heavy atom. The number of hydrogen-bond donors (Lipinski definition) is 0. The van der Waals surface area contributed by atoms with E-state index in [0.29, 0.717) is 0 Å². The van der Waals surface area contributed by atoms with E-state index in [2.05, 4.69) is 109 Å². The van der Waals surface area contributed by atoms with Crippen LogP contribution in [0.25, 0.3) is 31.3 Å². The molecule has 4 heterocycles. The molecular weight excluding hydrogens is 577 g/mol. The summed E-state index contributed by atoms with van der Waals surface area (Å²) >= 11 is 11.5. The highest BCUT2D eigenvalue weighted by atomic mass is 32.2. The minimum atomic E-state index is 1.31. The van der Waals surface area contributed by atoms with Gasteiger partial charge in [-0.05, 0) is 59.3 Å². The third-order valence-electron chi connectivity index (χ3n) is 6.51. The summed E-state index contributed by atoms with van der Waals surface area (Å²) in [7, 11) is 0. The fourth-order valence-corrected chi connectivity index (χ4v) is 12.5. The highest BCUT2D eigenvalue weighted by Crippen LogP contribution is 2.61. The van der Waals surface area contributed by atoms with Gasteiger partial charge in [-0.2, -0.15) is 0 Å². The van der Waals surface area contributed by atoms with Crippen LogP contribution < -0.4 is 0 Å². The van der Waals surface area contributed by atoms with E-state index in [1.165, 1.54) is 69.1 Å². The van der Waals surface area contributed by atoms with Crippen molar-refractivity contribution in [2.75, 3.05) is 0 Å². The van der Waals surface area contributed by atoms with Gasteiger partial charge in [-0.15, -0.1) is 22.7 Å². The van der Waals surface area contributed by atoms with E-state index >= 15 is 0 Å². The quantitative estimate of drug-likeness (QED) is 0.200. The summed E-state index contributed by atoms with van der Waals surface area (Å²) in [6, 6.07) is 40.0. The van der Waals surface area contributed by atoms with Crippen molar-refractivity contribution < 1.29 is 0 Å². The Labute approximate surface area is 246 Å². The summed E-state index contributed by atoms with van der Waals surface area (Å²) in [5.41, 5.74) is 2.73. The molecule has 182 valence electrons. The Hall–Kier alpha value is -2.32. The molecule has 0 bridgehead atoms. The largest absolute Gasteiger partial charge is 0.135 e. The van der Waals surface area contributed by atoms with E-state index in [0.717, 1.165) is 0 Å². The zero-order valence-corrected chi connectivity index (χ0v) is 24.7. The lowest BCUT2D eigenvalue weighted by atomic mass is 10.1. The molecule has 0 radical (unpaired) electrons. The van der Waals surface area contributed by atoms with Gasteiger partial charge < -0.3 is 0 Å². The van der Waals surface area contributed by atoms with E-state index in [1.54, 1.807) is 0 Å². The Kier molecular flexibility index (Phi) is 6.01. The number of hydrogen-bond acceptors (Lipinski definition) is 6. The van der Waals surface area contributed by atoms with Crippen LogP contribution in [0.5, 0.6) is 0 Å². The Morgan fingerprint density at radius 3 is 1.11 bits per heavy atom. The van der Waals surface area contributed by atoms with Gasteiger partial charge in [-0.1, -0.05) is 108 Å². The highest BCUT2D eigenvalue weighted by Gasteiger charge is 2.31. The zero-order chi connectivity index (χ0) is 25.1. The molecule has 2 aliphatic heterocycles. The molecule has 0 spiro atoms. The lowest BCUT2D eigenvalue weighted by Gasteiger charge is -2.15. The van der Waals surface area contributed by atoms with Gasteiger partial charge >= 0.3 is 0 Å². The SMILES string of the molecule is c1ccc2c(c1)SC(=C(C(=C1Sc3ccccc3S1)c1cc3ccccc3s1)c1cc3ccccc3s1)S2. The first-order valence-electron chi connectivity index (χ1n) is 12.2. The number of benzene rings is 4. The maximum Gasteiger partial charge on any atom is 0.0593 e. The molecule has 4 aromatic carbocycles. The fourth-order valence-electron chi connectivity index (χ4n) is 4.74. The van der Waals surface area contributed by atoms with Gasteiger partial charge in [0.2, 0.25) is 0 Å². The predicted molar refractivity (Wildman–Crippen MR) is 174 cm³/mol. The van der Waals surface area contributed by atoms with Crippen molar-refractivity contribution in [3.05, 3.63) is 127 Å². The van der Waals surface area contributed by atoms with Crippen LogP contribution in [0.3, 0.4) is 0 Å². The molecule has 0 atom stereocenters. The molecule has 2 aromatic heterocycles. The maximum atomic E-state index is 2.40. The van der Waals surface area contributed by atoms with Crippen LogP contribution >= 0.6 is 69.7 Å². The summed E-state index contributed by atoms with van der Waals surface area (Å²) < 4.78 is 5.41. The zero-order valence-electron chi connectivity index (χ0n) is 19.8. The minimum Gasteiger partial charge on any atom is -0.135 e. The smallest absolute Gasteiger partial charge is 0.0593 e. The van der Waals surface area contributed by atoms with E-state index < -0.39 is 0 Å². The Morgan fingerprint density at radius 1 is 0.395 bits per heavy atom. The first kappa shape index (κ1) is 23.6. The molecule has 0 saturated carbocycles. The third-order valence-corrected chi connectivity index (χ3v) is 13.9. The Bertz CT molecular complexity index is 1670. The molecule has 0 nitrogen and oxygen atoms in total. The fraction of sp³-hybridized carbons (Fsp3) is 0. The van der Waals surface area contributed by atoms with Crippen molar-refractivity contribution in [1.29, 1.82) is 0 Å². The number of allylic oxidation sites excluding steroid dienone is 2. The summed E-state index contributed by atoms with van der Waals surface area (Å²) in [6.07, 6.45) is 0. The molecule has 6 aromatic rings. The van der Waals surface area contributed by atoms with Gasteiger partial charge in [0.05, 0.1) is 8.47 Å². The minimum absolute atomic E-state index is 1.31. The van der Waals surface area contributed by atoms with Gasteiger partial charge in [-0.3, -0.25) is 0 Å². The molecule has 0 amide bonds. The number of fused-ring (bicyclic) bond motifs is 4. The first-order chi connectivity index (χ1) is 18.8. The number of rotatable bonds is 3. The van der Waals surface area contributed by atoms with Crippen LogP contribution in [0.2, 0.25) is 0 Å². The average Bonchev–Trinajstić information content (AvgIpc) is 3.73. The van der Waals surface area contributed by atoms with Crippen LogP contribution in [-0.2, 0) is 0 Å². The molecular formula is C32H18S6. The van der Waals surface area contributed by atoms with Crippen LogP contribution in [-0.4, -0.2) is 0 Å². The van der Waals surface area contributed by atoms with Crippen molar-refractivity contribution in [3.8, 4) is 0 Å². The predicted octanol–water partition coefficient (Wildman–Crippen LogP) is 11.9. The molecule has 2 aliphatic rings. The summed E-state index contributed by atoms with van der Waals surface area (Å²) in [5.74, 6) is 0. The normalized spacial score (nSPS) is 14.3. The standard InChI is InChI=1S/C32H18S6/c1-3-11-21-19(9-1)17-27(33-21)29(31-35-23-13-5-6-14-24(23)36-31)30(28-18-20-10-2-4-12-22(20)34-28)32-37-25-15-7-8-16-26(25)38-32/h1-18H. The summed E-state index contributed by atoms with van der Waals surface area (Å²) in [4.78, 5) is 8.07. The van der Waals surface area contributed by atoms with Gasteiger partial charge in [-0.25, -0.2) is 0 Å². The van der Waals surface area contributed by atoms with Gasteiger partial charge in [0.15, 0.2) is 0 Å². The second kappa shape index (κ2) is 9.70. The van der Waals surface area contributed by atoms with Gasteiger partial charge in [0.25, 0.3) is 0 Å². The average molecular weight is 595 g/mol. The topological polar surface area (TPSA) is 0 Å². The molecule has 0 fully saturated rings. The van der Waals surface area contributed by atoms with E-state index in [4.69, 9.17) is 0 Å². The lowest BCUT2D eigenvalue weighted by molar-refractivity contribution is 1.27. The second-order valence-electron chi connectivity index (χ2n) is 8.92. The first-order valence-corrected chi connectivity index (χ1v) is 17.1. The van der Waals surface area contributed by atoms with Crippen molar-refractivity contribution >= 4 is 101 Å². The van der Waals surface area contributed by atoms with Crippen LogP contribution in [0, 0.1) is 0 Å². The maximum absolute atomic E-state index is 2.40. The van der Waals surface area contributed by atoms with Crippen molar-refractivity contribution in [2.45, 2.75) is 19.6 Å². The van der Waals surface area contributed by atoms with E-state index in [1.807, 2.05) is 69.7 Å². The number of thiophene rings is 2. The van der Waals surface area contributed by atoms with Crippen LogP contribution in [0.15, 0.2) is 137 Å². The molecule has 0 aliphatic carbocycles.